The first-order chi connectivity index (χ1) is 10.6. The van der Waals surface area contributed by atoms with Gasteiger partial charge in [0.2, 0.25) is 0 Å². The van der Waals surface area contributed by atoms with Crippen LogP contribution in [0.25, 0.3) is 20.2 Å². The number of sulfone groups is 1. The third kappa shape index (κ3) is 2.45. The van der Waals surface area contributed by atoms with Crippen molar-refractivity contribution in [2.75, 3.05) is 0 Å². The number of rotatable bonds is 3. The second-order valence-electron chi connectivity index (χ2n) is 5.11. The fourth-order valence-electron chi connectivity index (χ4n) is 2.48. The maximum Gasteiger partial charge on any atom is 0.192 e. The topological polar surface area (TPSA) is 34.1 Å². The van der Waals surface area contributed by atoms with Gasteiger partial charge < -0.3 is 0 Å². The Hall–Kier alpha value is -1.69. The Morgan fingerprint density at radius 1 is 0.773 bits per heavy atom. The standard InChI is InChI=1S/C17H12O2S3/c18-22(19,17-10-13-6-2-4-8-16(13)21-17)11-14-9-12-5-1-3-7-15(12)20-14/h1-10H,11H2. The highest BCUT2D eigenvalue weighted by Gasteiger charge is 2.19. The van der Waals surface area contributed by atoms with Crippen molar-refractivity contribution >= 4 is 52.7 Å². The number of fused-ring (bicyclic) bond motifs is 2. The van der Waals surface area contributed by atoms with Crippen LogP contribution in [0.2, 0.25) is 0 Å². The minimum atomic E-state index is -3.29. The lowest BCUT2D eigenvalue weighted by Crippen LogP contribution is -2.01. The van der Waals surface area contributed by atoms with Gasteiger partial charge in [0.25, 0.3) is 0 Å². The van der Waals surface area contributed by atoms with E-state index < -0.39 is 9.84 Å². The van der Waals surface area contributed by atoms with Crippen molar-refractivity contribution in [3.8, 4) is 0 Å². The summed E-state index contributed by atoms with van der Waals surface area (Å²) in [6.07, 6.45) is 0. The van der Waals surface area contributed by atoms with E-state index in [9.17, 15) is 8.42 Å². The Bertz CT molecular complexity index is 1010. The van der Waals surface area contributed by atoms with E-state index >= 15 is 0 Å². The van der Waals surface area contributed by atoms with Crippen LogP contribution in [0.4, 0.5) is 0 Å². The summed E-state index contributed by atoms with van der Waals surface area (Å²) in [5.74, 6) is 0.0686. The van der Waals surface area contributed by atoms with Gasteiger partial charge in [-0.15, -0.1) is 22.7 Å². The van der Waals surface area contributed by atoms with Crippen LogP contribution in [0, 0.1) is 0 Å². The quantitative estimate of drug-likeness (QED) is 0.519. The van der Waals surface area contributed by atoms with Crippen molar-refractivity contribution in [1.82, 2.24) is 0 Å². The van der Waals surface area contributed by atoms with Crippen LogP contribution in [0.15, 0.2) is 64.9 Å². The molecule has 0 fully saturated rings. The maximum absolute atomic E-state index is 12.7. The summed E-state index contributed by atoms with van der Waals surface area (Å²) in [4.78, 5) is 0.888. The van der Waals surface area contributed by atoms with Gasteiger partial charge in [-0.3, -0.25) is 0 Å². The van der Waals surface area contributed by atoms with Gasteiger partial charge in [-0.25, -0.2) is 8.42 Å². The molecule has 0 amide bonds. The summed E-state index contributed by atoms with van der Waals surface area (Å²) in [6.45, 7) is 0. The lowest BCUT2D eigenvalue weighted by Gasteiger charge is -1.98. The third-order valence-electron chi connectivity index (χ3n) is 3.52. The van der Waals surface area contributed by atoms with E-state index in [4.69, 9.17) is 0 Å². The Labute approximate surface area is 136 Å². The molecule has 2 aromatic carbocycles. The van der Waals surface area contributed by atoms with Crippen LogP contribution in [0.5, 0.6) is 0 Å². The van der Waals surface area contributed by atoms with E-state index in [1.807, 2.05) is 54.6 Å². The first kappa shape index (κ1) is 13.9. The normalized spacial score (nSPS) is 12.2. The van der Waals surface area contributed by atoms with Crippen LogP contribution in [0.1, 0.15) is 4.88 Å². The van der Waals surface area contributed by atoms with Crippen LogP contribution in [-0.4, -0.2) is 8.42 Å². The molecule has 0 bridgehead atoms. The SMILES string of the molecule is O=S(=O)(Cc1cc2ccccc2s1)c1cc2ccccc2s1. The molecule has 2 aromatic heterocycles. The Kier molecular flexibility index (Phi) is 3.29. The van der Waals surface area contributed by atoms with Crippen molar-refractivity contribution in [2.45, 2.75) is 9.96 Å². The van der Waals surface area contributed by atoms with E-state index in [1.54, 1.807) is 17.4 Å². The molecule has 0 aliphatic heterocycles. The van der Waals surface area contributed by atoms with E-state index in [2.05, 4.69) is 0 Å². The second-order valence-corrected chi connectivity index (χ2v) is 9.58. The van der Waals surface area contributed by atoms with Crippen LogP contribution in [-0.2, 0) is 15.6 Å². The fourth-order valence-corrected chi connectivity index (χ4v) is 6.69. The first-order valence-corrected chi connectivity index (χ1v) is 10.1. The van der Waals surface area contributed by atoms with E-state index in [-0.39, 0.29) is 5.75 Å². The molecule has 0 N–H and O–H groups in total. The lowest BCUT2D eigenvalue weighted by molar-refractivity contribution is 0.597. The second kappa shape index (κ2) is 5.19. The molecule has 4 aromatic rings. The van der Waals surface area contributed by atoms with Crippen LogP contribution >= 0.6 is 22.7 Å². The molecule has 0 unspecified atom stereocenters. The molecule has 0 saturated carbocycles. The van der Waals surface area contributed by atoms with Crippen molar-refractivity contribution in [3.63, 3.8) is 0 Å². The molecule has 22 heavy (non-hydrogen) atoms. The monoisotopic (exact) mass is 344 g/mol. The third-order valence-corrected chi connectivity index (χ3v) is 8.16. The summed E-state index contributed by atoms with van der Waals surface area (Å²) < 4.78 is 27.9. The summed E-state index contributed by atoms with van der Waals surface area (Å²) >= 11 is 2.90. The van der Waals surface area contributed by atoms with Gasteiger partial charge in [-0.05, 0) is 35.0 Å². The average molecular weight is 344 g/mol. The molecule has 4 rings (SSSR count). The molecule has 5 heteroatoms. The molecule has 0 saturated heterocycles. The number of hydrogen-bond donors (Lipinski definition) is 0. The summed E-state index contributed by atoms with van der Waals surface area (Å²) in [7, 11) is -3.29. The van der Waals surface area contributed by atoms with Gasteiger partial charge in [-0.1, -0.05) is 36.4 Å². The predicted octanol–water partition coefficient (Wildman–Crippen LogP) is 5.09. The lowest BCUT2D eigenvalue weighted by atomic mass is 10.2. The zero-order valence-corrected chi connectivity index (χ0v) is 14.0. The Balaban J connectivity index is 1.73. The van der Waals surface area contributed by atoms with Gasteiger partial charge in [0.15, 0.2) is 9.84 Å². The summed E-state index contributed by atoms with van der Waals surface area (Å²) in [5.41, 5.74) is 0. The highest BCUT2D eigenvalue weighted by molar-refractivity contribution is 7.93. The van der Waals surface area contributed by atoms with Gasteiger partial charge in [0, 0.05) is 14.3 Å². The molecule has 0 spiro atoms. The van der Waals surface area contributed by atoms with Gasteiger partial charge >= 0.3 is 0 Å². The maximum atomic E-state index is 12.7. The van der Waals surface area contributed by atoms with E-state index in [1.165, 1.54) is 11.3 Å². The Morgan fingerprint density at radius 3 is 2.00 bits per heavy atom. The van der Waals surface area contributed by atoms with Gasteiger partial charge in [0.05, 0.1) is 5.75 Å². The average Bonchev–Trinajstić information content (AvgIpc) is 3.09. The van der Waals surface area contributed by atoms with Gasteiger partial charge in [-0.2, -0.15) is 0 Å². The van der Waals surface area contributed by atoms with Gasteiger partial charge in [0.1, 0.15) is 4.21 Å². The van der Waals surface area contributed by atoms with E-state index in [0.29, 0.717) is 4.21 Å². The Morgan fingerprint density at radius 2 is 1.36 bits per heavy atom. The van der Waals surface area contributed by atoms with Crippen LogP contribution in [0.3, 0.4) is 0 Å². The molecule has 110 valence electrons. The van der Waals surface area contributed by atoms with Crippen molar-refractivity contribution < 1.29 is 8.42 Å². The van der Waals surface area contributed by atoms with E-state index in [0.717, 1.165) is 25.0 Å². The molecule has 0 aliphatic carbocycles. The predicted molar refractivity (Wildman–Crippen MR) is 94.5 cm³/mol. The fraction of sp³-hybridized carbons (Fsp3) is 0.0588. The molecular formula is C17H12O2S3. The zero-order valence-electron chi connectivity index (χ0n) is 11.5. The molecule has 2 nitrogen and oxygen atoms in total. The summed E-state index contributed by atoms with van der Waals surface area (Å²) in [6, 6.07) is 19.5. The number of thiophene rings is 2. The highest BCUT2D eigenvalue weighted by atomic mass is 32.2. The minimum Gasteiger partial charge on any atom is -0.222 e. The smallest absolute Gasteiger partial charge is 0.192 e. The first-order valence-electron chi connectivity index (χ1n) is 6.81. The number of hydrogen-bond acceptors (Lipinski definition) is 4. The minimum absolute atomic E-state index is 0.0686. The molecule has 0 radical (unpaired) electrons. The molecular weight excluding hydrogens is 332 g/mol. The molecule has 0 atom stereocenters. The number of benzene rings is 2. The van der Waals surface area contributed by atoms with Crippen molar-refractivity contribution in [2.24, 2.45) is 0 Å². The zero-order chi connectivity index (χ0) is 15.2. The molecule has 2 heterocycles. The highest BCUT2D eigenvalue weighted by Crippen LogP contribution is 2.33. The van der Waals surface area contributed by atoms with Crippen molar-refractivity contribution in [3.05, 3.63) is 65.5 Å². The van der Waals surface area contributed by atoms with Crippen molar-refractivity contribution in [1.29, 1.82) is 0 Å². The van der Waals surface area contributed by atoms with Crippen LogP contribution < -0.4 is 0 Å². The largest absolute Gasteiger partial charge is 0.222 e. The molecule has 0 aliphatic rings. The summed E-state index contributed by atoms with van der Waals surface area (Å²) in [5, 5.41) is 2.09.